The first-order valence-corrected chi connectivity index (χ1v) is 4.24. The summed E-state index contributed by atoms with van der Waals surface area (Å²) in [5.41, 5.74) is 2.84. The molecular formula is C12H14O. The molecule has 0 aromatic heterocycles. The van der Waals surface area contributed by atoms with E-state index in [0.717, 1.165) is 23.1 Å². The molecule has 1 N–H and O–H groups in total. The van der Waals surface area contributed by atoms with Crippen molar-refractivity contribution in [3.05, 3.63) is 48.6 Å². The fourth-order valence-corrected chi connectivity index (χ4v) is 1.22. The van der Waals surface area contributed by atoms with Gasteiger partial charge in [0.05, 0.1) is 0 Å². The molecule has 0 spiro atoms. The minimum atomic E-state index is 0.292. The van der Waals surface area contributed by atoms with Gasteiger partial charge in [-0.3, -0.25) is 0 Å². The molecule has 0 aliphatic rings. The molecule has 0 heterocycles. The van der Waals surface area contributed by atoms with E-state index in [9.17, 15) is 5.11 Å². The van der Waals surface area contributed by atoms with Crippen LogP contribution in [0.2, 0.25) is 0 Å². The minimum absolute atomic E-state index is 0.292. The predicted molar refractivity (Wildman–Crippen MR) is 56.7 cm³/mol. The van der Waals surface area contributed by atoms with Gasteiger partial charge >= 0.3 is 0 Å². The first kappa shape index (κ1) is 9.59. The van der Waals surface area contributed by atoms with E-state index in [1.54, 1.807) is 6.07 Å². The van der Waals surface area contributed by atoms with E-state index in [2.05, 4.69) is 13.2 Å². The fourth-order valence-electron chi connectivity index (χ4n) is 1.22. The molecule has 1 nitrogen and oxygen atoms in total. The van der Waals surface area contributed by atoms with Crippen molar-refractivity contribution in [3.63, 3.8) is 0 Å². The van der Waals surface area contributed by atoms with Crippen LogP contribution in [0.15, 0.2) is 37.4 Å². The van der Waals surface area contributed by atoms with Gasteiger partial charge in [0.1, 0.15) is 5.75 Å². The molecule has 1 aromatic carbocycles. The average Bonchev–Trinajstić information content (AvgIpc) is 2.08. The number of phenolic OH excluding ortho intramolecular Hbond substituents is 1. The van der Waals surface area contributed by atoms with E-state index in [4.69, 9.17) is 0 Å². The van der Waals surface area contributed by atoms with Crippen LogP contribution in [-0.4, -0.2) is 5.11 Å². The summed E-state index contributed by atoms with van der Waals surface area (Å²) in [7, 11) is 0. The Hall–Kier alpha value is -1.50. The fraction of sp³-hybridized carbons (Fsp3) is 0.167. The smallest absolute Gasteiger partial charge is 0.123 e. The molecule has 0 aliphatic carbocycles. The van der Waals surface area contributed by atoms with Crippen molar-refractivity contribution in [1.29, 1.82) is 0 Å². The third-order valence-corrected chi connectivity index (χ3v) is 1.90. The van der Waals surface area contributed by atoms with Crippen LogP contribution in [0.1, 0.15) is 18.1 Å². The topological polar surface area (TPSA) is 20.2 Å². The number of rotatable bonds is 3. The Morgan fingerprint density at radius 3 is 2.77 bits per heavy atom. The molecule has 0 fully saturated rings. The summed E-state index contributed by atoms with van der Waals surface area (Å²) in [6.45, 7) is 9.35. The summed E-state index contributed by atoms with van der Waals surface area (Å²) in [6, 6.07) is 5.53. The van der Waals surface area contributed by atoms with E-state index in [0.29, 0.717) is 5.75 Å². The zero-order chi connectivity index (χ0) is 9.84. The quantitative estimate of drug-likeness (QED) is 0.698. The van der Waals surface area contributed by atoms with Crippen molar-refractivity contribution in [3.8, 4) is 5.75 Å². The van der Waals surface area contributed by atoms with Gasteiger partial charge in [-0.05, 0) is 36.6 Å². The Labute approximate surface area is 79.0 Å². The Bertz CT molecular complexity index is 337. The lowest BCUT2D eigenvalue weighted by Gasteiger charge is -2.05. The lowest BCUT2D eigenvalue weighted by atomic mass is 10.0. The van der Waals surface area contributed by atoms with E-state index >= 15 is 0 Å². The highest BCUT2D eigenvalue weighted by Crippen LogP contribution is 2.24. The summed E-state index contributed by atoms with van der Waals surface area (Å²) in [4.78, 5) is 0. The van der Waals surface area contributed by atoms with Gasteiger partial charge < -0.3 is 5.11 Å². The Morgan fingerprint density at radius 2 is 2.23 bits per heavy atom. The van der Waals surface area contributed by atoms with Crippen LogP contribution in [0.5, 0.6) is 5.75 Å². The summed E-state index contributed by atoms with van der Waals surface area (Å²) >= 11 is 0. The summed E-state index contributed by atoms with van der Waals surface area (Å²) < 4.78 is 0. The summed E-state index contributed by atoms with van der Waals surface area (Å²) in [5.74, 6) is 0.292. The third-order valence-electron chi connectivity index (χ3n) is 1.90. The van der Waals surface area contributed by atoms with E-state index in [1.165, 1.54) is 0 Å². The van der Waals surface area contributed by atoms with Crippen molar-refractivity contribution in [2.24, 2.45) is 0 Å². The van der Waals surface area contributed by atoms with Gasteiger partial charge in [-0.15, -0.1) is 6.58 Å². The molecule has 0 aliphatic heterocycles. The average molecular weight is 174 g/mol. The molecular weight excluding hydrogens is 160 g/mol. The van der Waals surface area contributed by atoms with Crippen molar-refractivity contribution in [2.75, 3.05) is 0 Å². The van der Waals surface area contributed by atoms with Crippen molar-refractivity contribution in [2.45, 2.75) is 13.3 Å². The maximum atomic E-state index is 9.49. The molecule has 13 heavy (non-hydrogen) atoms. The van der Waals surface area contributed by atoms with Crippen LogP contribution in [-0.2, 0) is 6.42 Å². The maximum Gasteiger partial charge on any atom is 0.123 e. The van der Waals surface area contributed by atoms with Crippen LogP contribution in [0.3, 0.4) is 0 Å². The minimum Gasteiger partial charge on any atom is -0.507 e. The van der Waals surface area contributed by atoms with Gasteiger partial charge in [0.15, 0.2) is 0 Å². The predicted octanol–water partition coefficient (Wildman–Crippen LogP) is 3.15. The van der Waals surface area contributed by atoms with Crippen LogP contribution in [0.4, 0.5) is 0 Å². The monoisotopic (exact) mass is 174 g/mol. The molecule has 0 unspecified atom stereocenters. The number of allylic oxidation sites excluding steroid dienone is 2. The van der Waals surface area contributed by atoms with Crippen molar-refractivity contribution < 1.29 is 5.11 Å². The standard InChI is InChI=1S/C12H14O/c1-4-5-10-6-7-12(13)11(8-10)9(2)3/h4,6-8,13H,1-2,5H2,3H3. The molecule has 0 saturated carbocycles. The Kier molecular flexibility index (Phi) is 2.91. The summed E-state index contributed by atoms with van der Waals surface area (Å²) in [5, 5.41) is 9.49. The lowest BCUT2D eigenvalue weighted by Crippen LogP contribution is -1.85. The zero-order valence-electron chi connectivity index (χ0n) is 7.88. The first-order chi connectivity index (χ1) is 6.15. The second-order valence-electron chi connectivity index (χ2n) is 3.12. The van der Waals surface area contributed by atoms with Gasteiger partial charge in [0, 0.05) is 5.56 Å². The Balaban J connectivity index is 3.10. The lowest BCUT2D eigenvalue weighted by molar-refractivity contribution is 0.473. The van der Waals surface area contributed by atoms with Crippen LogP contribution >= 0.6 is 0 Å². The second-order valence-corrected chi connectivity index (χ2v) is 3.12. The third kappa shape index (κ3) is 2.22. The zero-order valence-corrected chi connectivity index (χ0v) is 7.88. The maximum absolute atomic E-state index is 9.49. The Morgan fingerprint density at radius 1 is 1.54 bits per heavy atom. The van der Waals surface area contributed by atoms with E-state index < -0.39 is 0 Å². The van der Waals surface area contributed by atoms with Gasteiger partial charge in [0.2, 0.25) is 0 Å². The molecule has 0 saturated heterocycles. The highest BCUT2D eigenvalue weighted by Gasteiger charge is 2.01. The normalized spacial score (nSPS) is 9.62. The van der Waals surface area contributed by atoms with Gasteiger partial charge in [-0.25, -0.2) is 0 Å². The molecule has 0 bridgehead atoms. The van der Waals surface area contributed by atoms with Crippen LogP contribution < -0.4 is 0 Å². The van der Waals surface area contributed by atoms with Crippen molar-refractivity contribution in [1.82, 2.24) is 0 Å². The van der Waals surface area contributed by atoms with Crippen LogP contribution in [0, 0.1) is 0 Å². The second kappa shape index (κ2) is 3.94. The van der Waals surface area contributed by atoms with E-state index in [-0.39, 0.29) is 0 Å². The molecule has 0 radical (unpaired) electrons. The summed E-state index contributed by atoms with van der Waals surface area (Å²) in [6.07, 6.45) is 2.66. The first-order valence-electron chi connectivity index (χ1n) is 4.24. The molecule has 1 heteroatoms. The van der Waals surface area contributed by atoms with Gasteiger partial charge in [-0.1, -0.05) is 18.7 Å². The molecule has 1 rings (SSSR count). The van der Waals surface area contributed by atoms with Crippen molar-refractivity contribution >= 4 is 5.57 Å². The number of phenols is 1. The molecule has 68 valence electrons. The largest absolute Gasteiger partial charge is 0.507 e. The highest BCUT2D eigenvalue weighted by molar-refractivity contribution is 5.67. The number of benzene rings is 1. The highest BCUT2D eigenvalue weighted by atomic mass is 16.3. The van der Waals surface area contributed by atoms with Gasteiger partial charge in [-0.2, -0.15) is 0 Å². The van der Waals surface area contributed by atoms with Gasteiger partial charge in [0.25, 0.3) is 0 Å². The molecule has 0 amide bonds. The van der Waals surface area contributed by atoms with E-state index in [1.807, 2.05) is 25.1 Å². The number of hydrogen-bond donors (Lipinski definition) is 1. The SMILES string of the molecule is C=CCc1ccc(O)c(C(=C)C)c1. The number of aromatic hydroxyl groups is 1. The molecule has 1 aromatic rings. The van der Waals surface area contributed by atoms with Crippen LogP contribution in [0.25, 0.3) is 5.57 Å². The number of hydrogen-bond acceptors (Lipinski definition) is 1. The molecule has 0 atom stereocenters.